The summed E-state index contributed by atoms with van der Waals surface area (Å²) in [6.07, 6.45) is 1.64. The smallest absolute Gasteiger partial charge is 0.243 e. The molecule has 2 atom stereocenters. The molecular weight excluding hydrogens is 451 g/mol. The van der Waals surface area contributed by atoms with E-state index in [1.165, 1.54) is 0 Å². The maximum atomic E-state index is 13.3. The SMILES string of the molecule is CCC(C)NC(=O)C(CC)N(Cc1c(Cl)cccc1Cl)C(=O)CCSc1ccccc1. The topological polar surface area (TPSA) is 49.4 Å². The Labute approximate surface area is 199 Å². The van der Waals surface area contributed by atoms with Crippen LogP contribution in [0.2, 0.25) is 10.0 Å². The lowest BCUT2D eigenvalue weighted by atomic mass is 10.1. The zero-order chi connectivity index (χ0) is 22.8. The van der Waals surface area contributed by atoms with E-state index < -0.39 is 6.04 Å². The monoisotopic (exact) mass is 480 g/mol. The summed E-state index contributed by atoms with van der Waals surface area (Å²) >= 11 is 14.4. The van der Waals surface area contributed by atoms with Crippen LogP contribution in [0.25, 0.3) is 0 Å². The van der Waals surface area contributed by atoms with Gasteiger partial charge in [-0.25, -0.2) is 0 Å². The van der Waals surface area contributed by atoms with Crippen molar-refractivity contribution < 1.29 is 9.59 Å². The molecule has 0 bridgehead atoms. The largest absolute Gasteiger partial charge is 0.352 e. The van der Waals surface area contributed by atoms with Gasteiger partial charge in [0.1, 0.15) is 6.04 Å². The summed E-state index contributed by atoms with van der Waals surface area (Å²) in [6, 6.07) is 14.7. The number of halogens is 2. The van der Waals surface area contributed by atoms with E-state index in [4.69, 9.17) is 23.2 Å². The fourth-order valence-corrected chi connectivity index (χ4v) is 4.51. The molecule has 0 aliphatic carbocycles. The van der Waals surface area contributed by atoms with Gasteiger partial charge in [-0.1, -0.05) is 61.3 Å². The minimum atomic E-state index is -0.587. The van der Waals surface area contributed by atoms with Gasteiger partial charge in [0.05, 0.1) is 0 Å². The Kier molecular flexibility index (Phi) is 10.7. The molecule has 2 amide bonds. The van der Waals surface area contributed by atoms with Crippen molar-refractivity contribution in [1.29, 1.82) is 0 Å². The average Bonchev–Trinajstić information content (AvgIpc) is 2.76. The lowest BCUT2D eigenvalue weighted by Gasteiger charge is -2.32. The summed E-state index contributed by atoms with van der Waals surface area (Å²) in [6.45, 7) is 6.07. The molecule has 0 aliphatic rings. The molecule has 2 rings (SSSR count). The summed E-state index contributed by atoms with van der Waals surface area (Å²) in [5.74, 6) is 0.383. The fraction of sp³-hybridized carbons (Fsp3) is 0.417. The van der Waals surface area contributed by atoms with Crippen molar-refractivity contribution in [3.8, 4) is 0 Å². The molecule has 1 N–H and O–H groups in total. The van der Waals surface area contributed by atoms with Crippen molar-refractivity contribution >= 4 is 46.8 Å². The van der Waals surface area contributed by atoms with E-state index in [0.29, 0.717) is 34.2 Å². The molecule has 4 nitrogen and oxygen atoms in total. The maximum Gasteiger partial charge on any atom is 0.243 e. The van der Waals surface area contributed by atoms with E-state index >= 15 is 0 Å². The number of rotatable bonds is 11. The molecule has 0 saturated carbocycles. The molecule has 0 heterocycles. The first-order valence-corrected chi connectivity index (χ1v) is 12.3. The van der Waals surface area contributed by atoms with Gasteiger partial charge in [-0.15, -0.1) is 11.8 Å². The summed E-state index contributed by atoms with van der Waals surface area (Å²) < 4.78 is 0. The van der Waals surface area contributed by atoms with Gasteiger partial charge < -0.3 is 10.2 Å². The molecule has 0 radical (unpaired) electrons. The Bertz CT molecular complexity index is 844. The van der Waals surface area contributed by atoms with Crippen molar-refractivity contribution in [3.05, 3.63) is 64.1 Å². The van der Waals surface area contributed by atoms with Crippen LogP contribution in [0.15, 0.2) is 53.4 Å². The molecule has 0 spiro atoms. The zero-order valence-electron chi connectivity index (χ0n) is 18.2. The van der Waals surface area contributed by atoms with Gasteiger partial charge in [0.25, 0.3) is 0 Å². The predicted molar refractivity (Wildman–Crippen MR) is 131 cm³/mol. The van der Waals surface area contributed by atoms with Gasteiger partial charge >= 0.3 is 0 Å². The minimum absolute atomic E-state index is 0.0380. The van der Waals surface area contributed by atoms with Crippen LogP contribution in [-0.2, 0) is 16.1 Å². The van der Waals surface area contributed by atoms with Crippen LogP contribution in [0.1, 0.15) is 45.6 Å². The molecule has 2 aromatic carbocycles. The average molecular weight is 481 g/mol. The van der Waals surface area contributed by atoms with Crippen LogP contribution in [0, 0.1) is 0 Å². The van der Waals surface area contributed by atoms with Crippen LogP contribution in [0.5, 0.6) is 0 Å². The van der Waals surface area contributed by atoms with Crippen LogP contribution < -0.4 is 5.32 Å². The van der Waals surface area contributed by atoms with Gasteiger partial charge in [0.15, 0.2) is 0 Å². The molecule has 0 aromatic heterocycles. The molecular formula is C24H30Cl2N2O2S. The van der Waals surface area contributed by atoms with E-state index in [0.717, 1.165) is 11.3 Å². The quantitative estimate of drug-likeness (QED) is 0.389. The standard InChI is InChI=1S/C24H30Cl2N2O2S/c1-4-17(3)27-24(30)22(5-2)28(16-19-20(25)12-9-13-21(19)26)23(29)14-15-31-18-10-7-6-8-11-18/h6-13,17,22H,4-5,14-16H2,1-3H3,(H,27,30). The van der Waals surface area contributed by atoms with Crippen molar-refractivity contribution in [2.45, 2.75) is 63.6 Å². The highest BCUT2D eigenvalue weighted by Gasteiger charge is 2.30. The van der Waals surface area contributed by atoms with Gasteiger partial charge in [-0.05, 0) is 44.0 Å². The minimum Gasteiger partial charge on any atom is -0.352 e. The lowest BCUT2D eigenvalue weighted by molar-refractivity contribution is -0.141. The number of nitrogens with zero attached hydrogens (tertiary/aromatic N) is 1. The van der Waals surface area contributed by atoms with E-state index in [1.807, 2.05) is 51.1 Å². The number of hydrogen-bond acceptors (Lipinski definition) is 3. The third kappa shape index (κ3) is 7.74. The van der Waals surface area contributed by atoms with E-state index in [9.17, 15) is 9.59 Å². The first-order valence-electron chi connectivity index (χ1n) is 10.6. The van der Waals surface area contributed by atoms with Crippen LogP contribution in [0.3, 0.4) is 0 Å². The van der Waals surface area contributed by atoms with Crippen molar-refractivity contribution in [3.63, 3.8) is 0 Å². The Morgan fingerprint density at radius 3 is 2.23 bits per heavy atom. The number of hydrogen-bond donors (Lipinski definition) is 1. The zero-order valence-corrected chi connectivity index (χ0v) is 20.6. The fourth-order valence-electron chi connectivity index (χ4n) is 3.13. The highest BCUT2D eigenvalue weighted by atomic mass is 35.5. The Morgan fingerprint density at radius 2 is 1.65 bits per heavy atom. The molecule has 7 heteroatoms. The maximum absolute atomic E-state index is 13.3. The molecule has 2 unspecified atom stereocenters. The van der Waals surface area contributed by atoms with Gasteiger partial charge in [0, 0.05) is 45.3 Å². The lowest BCUT2D eigenvalue weighted by Crippen LogP contribution is -2.50. The van der Waals surface area contributed by atoms with Crippen LogP contribution in [-0.4, -0.2) is 34.6 Å². The number of carbonyl (C=O) groups excluding carboxylic acids is 2. The van der Waals surface area contributed by atoms with Crippen LogP contribution in [0.4, 0.5) is 0 Å². The highest BCUT2D eigenvalue weighted by Crippen LogP contribution is 2.28. The number of nitrogens with one attached hydrogen (secondary N) is 1. The van der Waals surface area contributed by atoms with Gasteiger partial charge in [-0.2, -0.15) is 0 Å². The first-order chi connectivity index (χ1) is 14.9. The third-order valence-electron chi connectivity index (χ3n) is 5.10. The molecule has 0 fully saturated rings. The predicted octanol–water partition coefficient (Wildman–Crippen LogP) is 6.20. The highest BCUT2D eigenvalue weighted by molar-refractivity contribution is 7.99. The molecule has 31 heavy (non-hydrogen) atoms. The van der Waals surface area contributed by atoms with E-state index in [1.54, 1.807) is 34.9 Å². The summed E-state index contributed by atoms with van der Waals surface area (Å²) in [5, 5.41) is 3.98. The van der Waals surface area contributed by atoms with E-state index in [2.05, 4.69) is 5.32 Å². The van der Waals surface area contributed by atoms with Gasteiger partial charge in [-0.3, -0.25) is 9.59 Å². The second-order valence-corrected chi connectivity index (χ2v) is 9.36. The summed E-state index contributed by atoms with van der Waals surface area (Å²) in [5.41, 5.74) is 0.657. The number of amides is 2. The second-order valence-electron chi connectivity index (χ2n) is 7.38. The summed E-state index contributed by atoms with van der Waals surface area (Å²) in [7, 11) is 0. The Morgan fingerprint density at radius 1 is 1.00 bits per heavy atom. The van der Waals surface area contributed by atoms with Crippen LogP contribution >= 0.6 is 35.0 Å². The molecule has 168 valence electrons. The number of benzene rings is 2. The summed E-state index contributed by atoms with van der Waals surface area (Å²) in [4.78, 5) is 29.0. The van der Waals surface area contributed by atoms with Gasteiger partial charge in [0.2, 0.25) is 11.8 Å². The molecule has 2 aromatic rings. The second kappa shape index (κ2) is 13.0. The van der Waals surface area contributed by atoms with E-state index in [-0.39, 0.29) is 24.4 Å². The Balaban J connectivity index is 2.20. The molecule has 0 aliphatic heterocycles. The number of thioether (sulfide) groups is 1. The van der Waals surface area contributed by atoms with Crippen molar-refractivity contribution in [2.24, 2.45) is 0 Å². The van der Waals surface area contributed by atoms with Crippen molar-refractivity contribution in [1.82, 2.24) is 10.2 Å². The number of carbonyl (C=O) groups is 2. The van der Waals surface area contributed by atoms with Crippen molar-refractivity contribution in [2.75, 3.05) is 5.75 Å². The third-order valence-corrected chi connectivity index (χ3v) is 6.83. The molecule has 0 saturated heterocycles. The Hall–Kier alpha value is -1.69. The normalized spacial score (nSPS) is 12.8. The first kappa shape index (κ1) is 25.6.